The molecule has 0 saturated heterocycles. The molecule has 0 bridgehead atoms. The lowest BCUT2D eigenvalue weighted by Crippen LogP contribution is -2.34. The Balaban J connectivity index is 1.53. The monoisotopic (exact) mass is 283 g/mol. The zero-order chi connectivity index (χ0) is 14.7. The zero-order valence-corrected chi connectivity index (χ0v) is 12.3. The molecule has 110 valence electrons. The van der Waals surface area contributed by atoms with Gasteiger partial charge in [-0.25, -0.2) is 0 Å². The third kappa shape index (κ3) is 3.37. The van der Waals surface area contributed by atoms with Crippen molar-refractivity contribution >= 4 is 5.69 Å². The molecule has 0 aromatic heterocycles. The Morgan fingerprint density at radius 1 is 1.14 bits per heavy atom. The first-order valence-electron chi connectivity index (χ1n) is 7.43. The maximum Gasteiger partial charge on any atom is 0.119 e. The first kappa shape index (κ1) is 14.0. The van der Waals surface area contributed by atoms with Crippen molar-refractivity contribution in [3.05, 3.63) is 59.7 Å². The number of β-amino-alcohol motifs (C(OH)–C–C–N with tert-alkyl or cyclic N) is 1. The van der Waals surface area contributed by atoms with E-state index >= 15 is 0 Å². The fraction of sp³-hybridized carbons (Fsp3) is 0.333. The highest BCUT2D eigenvalue weighted by molar-refractivity contribution is 5.57. The molecule has 1 aliphatic rings. The number of hydrogen-bond donors (Lipinski definition) is 1. The summed E-state index contributed by atoms with van der Waals surface area (Å²) in [7, 11) is 0. The number of rotatable bonds is 5. The number of benzene rings is 2. The van der Waals surface area contributed by atoms with Gasteiger partial charge in [-0.1, -0.05) is 35.9 Å². The number of aliphatic hydroxyl groups excluding tert-OH is 1. The molecule has 3 rings (SSSR count). The van der Waals surface area contributed by atoms with Gasteiger partial charge < -0.3 is 14.7 Å². The van der Waals surface area contributed by atoms with Crippen LogP contribution in [0.25, 0.3) is 0 Å². The minimum atomic E-state index is -0.488. The van der Waals surface area contributed by atoms with Crippen LogP contribution in [0.3, 0.4) is 0 Å². The minimum absolute atomic E-state index is 0.321. The molecule has 1 atom stereocenters. The van der Waals surface area contributed by atoms with E-state index in [2.05, 4.69) is 23.1 Å². The third-order valence-electron chi connectivity index (χ3n) is 3.88. The molecule has 0 radical (unpaired) electrons. The molecule has 1 unspecified atom stereocenters. The van der Waals surface area contributed by atoms with Crippen molar-refractivity contribution in [2.45, 2.75) is 19.4 Å². The maximum absolute atomic E-state index is 10.2. The van der Waals surface area contributed by atoms with Crippen LogP contribution in [0.4, 0.5) is 5.69 Å². The molecular weight excluding hydrogens is 262 g/mol. The molecule has 0 saturated carbocycles. The summed E-state index contributed by atoms with van der Waals surface area (Å²) in [5.41, 5.74) is 3.81. The summed E-state index contributed by atoms with van der Waals surface area (Å²) in [5.74, 6) is 0.807. The van der Waals surface area contributed by atoms with E-state index in [1.165, 1.54) is 16.8 Å². The van der Waals surface area contributed by atoms with Crippen LogP contribution in [0.15, 0.2) is 48.5 Å². The van der Waals surface area contributed by atoms with Crippen LogP contribution in [-0.2, 0) is 6.42 Å². The second kappa shape index (κ2) is 6.19. The van der Waals surface area contributed by atoms with Gasteiger partial charge in [0, 0.05) is 18.8 Å². The third-order valence-corrected chi connectivity index (χ3v) is 3.88. The Morgan fingerprint density at radius 3 is 2.71 bits per heavy atom. The fourth-order valence-corrected chi connectivity index (χ4v) is 2.73. The van der Waals surface area contributed by atoms with E-state index in [-0.39, 0.29) is 0 Å². The summed E-state index contributed by atoms with van der Waals surface area (Å²) in [6.45, 7) is 3.95. The molecule has 0 spiro atoms. The van der Waals surface area contributed by atoms with E-state index in [1.54, 1.807) is 0 Å². The molecule has 3 nitrogen and oxygen atoms in total. The van der Waals surface area contributed by atoms with Gasteiger partial charge in [-0.15, -0.1) is 0 Å². The van der Waals surface area contributed by atoms with Gasteiger partial charge in [-0.3, -0.25) is 0 Å². The molecule has 21 heavy (non-hydrogen) atoms. The summed E-state index contributed by atoms with van der Waals surface area (Å²) < 4.78 is 5.64. The molecule has 2 aromatic rings. The zero-order valence-electron chi connectivity index (χ0n) is 12.3. The van der Waals surface area contributed by atoms with Gasteiger partial charge in [0.15, 0.2) is 0 Å². The van der Waals surface area contributed by atoms with Crippen LogP contribution in [0.5, 0.6) is 5.75 Å². The van der Waals surface area contributed by atoms with E-state index in [0.717, 1.165) is 18.7 Å². The van der Waals surface area contributed by atoms with Crippen molar-refractivity contribution in [3.63, 3.8) is 0 Å². The molecule has 0 aliphatic carbocycles. The first-order valence-corrected chi connectivity index (χ1v) is 7.43. The topological polar surface area (TPSA) is 32.7 Å². The SMILES string of the molecule is Cc1ccc(OCC(O)CN2CCc3ccccc32)cc1. The summed E-state index contributed by atoms with van der Waals surface area (Å²) >= 11 is 0. The highest BCUT2D eigenvalue weighted by Crippen LogP contribution is 2.27. The Labute approximate surface area is 125 Å². The number of para-hydroxylation sites is 1. The van der Waals surface area contributed by atoms with E-state index in [9.17, 15) is 5.11 Å². The van der Waals surface area contributed by atoms with Crippen molar-refractivity contribution in [1.29, 1.82) is 0 Å². The van der Waals surface area contributed by atoms with Crippen molar-refractivity contribution in [3.8, 4) is 5.75 Å². The lowest BCUT2D eigenvalue weighted by molar-refractivity contribution is 0.112. The Morgan fingerprint density at radius 2 is 1.90 bits per heavy atom. The van der Waals surface area contributed by atoms with E-state index < -0.39 is 6.10 Å². The van der Waals surface area contributed by atoms with Crippen LogP contribution >= 0.6 is 0 Å². The average molecular weight is 283 g/mol. The molecule has 3 heteroatoms. The number of ether oxygens (including phenoxy) is 1. The normalized spacial score (nSPS) is 14.9. The quantitative estimate of drug-likeness (QED) is 0.916. The van der Waals surface area contributed by atoms with Crippen LogP contribution in [-0.4, -0.2) is 30.9 Å². The molecule has 0 amide bonds. The van der Waals surface area contributed by atoms with Crippen molar-refractivity contribution < 1.29 is 9.84 Å². The number of hydrogen-bond acceptors (Lipinski definition) is 3. The highest BCUT2D eigenvalue weighted by atomic mass is 16.5. The maximum atomic E-state index is 10.2. The molecule has 1 aliphatic heterocycles. The van der Waals surface area contributed by atoms with Crippen LogP contribution < -0.4 is 9.64 Å². The smallest absolute Gasteiger partial charge is 0.119 e. The van der Waals surface area contributed by atoms with Gasteiger partial charge in [0.25, 0.3) is 0 Å². The van der Waals surface area contributed by atoms with Gasteiger partial charge in [0.1, 0.15) is 18.5 Å². The van der Waals surface area contributed by atoms with Crippen molar-refractivity contribution in [2.75, 3.05) is 24.6 Å². The minimum Gasteiger partial charge on any atom is -0.491 e. The molecule has 2 aromatic carbocycles. The van der Waals surface area contributed by atoms with Gasteiger partial charge in [0.2, 0.25) is 0 Å². The summed E-state index contributed by atoms with van der Waals surface area (Å²) in [5, 5.41) is 10.2. The predicted octanol–water partition coefficient (Wildman–Crippen LogP) is 2.80. The van der Waals surface area contributed by atoms with Gasteiger partial charge in [0.05, 0.1) is 0 Å². The van der Waals surface area contributed by atoms with Gasteiger partial charge in [-0.2, -0.15) is 0 Å². The lowest BCUT2D eigenvalue weighted by atomic mass is 10.2. The fourth-order valence-electron chi connectivity index (χ4n) is 2.73. The molecular formula is C18H21NO2. The molecule has 1 N–H and O–H groups in total. The number of nitrogens with zero attached hydrogens (tertiary/aromatic N) is 1. The second-order valence-electron chi connectivity index (χ2n) is 5.60. The number of aliphatic hydroxyl groups is 1. The van der Waals surface area contributed by atoms with Crippen LogP contribution in [0, 0.1) is 6.92 Å². The predicted molar refractivity (Wildman–Crippen MR) is 85.0 cm³/mol. The average Bonchev–Trinajstić information content (AvgIpc) is 2.90. The first-order chi connectivity index (χ1) is 10.2. The molecule has 1 heterocycles. The highest BCUT2D eigenvalue weighted by Gasteiger charge is 2.20. The largest absolute Gasteiger partial charge is 0.491 e. The van der Waals surface area contributed by atoms with E-state index in [4.69, 9.17) is 4.74 Å². The van der Waals surface area contributed by atoms with E-state index in [0.29, 0.717) is 13.2 Å². The van der Waals surface area contributed by atoms with Crippen LogP contribution in [0.2, 0.25) is 0 Å². The Kier molecular flexibility index (Phi) is 4.11. The Bertz CT molecular complexity index is 594. The van der Waals surface area contributed by atoms with Gasteiger partial charge in [-0.05, 0) is 37.1 Å². The number of aryl methyl sites for hydroxylation is 1. The number of anilines is 1. The number of fused-ring (bicyclic) bond motifs is 1. The lowest BCUT2D eigenvalue weighted by Gasteiger charge is -2.23. The summed E-state index contributed by atoms with van der Waals surface area (Å²) in [6, 6.07) is 16.3. The van der Waals surface area contributed by atoms with Crippen molar-refractivity contribution in [2.24, 2.45) is 0 Å². The summed E-state index contributed by atoms with van der Waals surface area (Å²) in [4.78, 5) is 2.23. The Hall–Kier alpha value is -2.00. The standard InChI is InChI=1S/C18H21NO2/c1-14-6-8-17(9-7-14)21-13-16(20)12-19-11-10-15-4-2-3-5-18(15)19/h2-9,16,20H,10-13H2,1H3. The van der Waals surface area contributed by atoms with Crippen LogP contribution in [0.1, 0.15) is 11.1 Å². The second-order valence-corrected chi connectivity index (χ2v) is 5.60. The van der Waals surface area contributed by atoms with E-state index in [1.807, 2.05) is 37.3 Å². The van der Waals surface area contributed by atoms with Gasteiger partial charge >= 0.3 is 0 Å². The van der Waals surface area contributed by atoms with Crippen molar-refractivity contribution in [1.82, 2.24) is 0 Å². The summed E-state index contributed by atoms with van der Waals surface area (Å²) in [6.07, 6.45) is 0.569. The molecule has 0 fully saturated rings.